The number of carbonyl (C=O) groups is 2. The van der Waals surface area contributed by atoms with E-state index in [4.69, 9.17) is 14.9 Å². The van der Waals surface area contributed by atoms with Gasteiger partial charge in [0, 0.05) is 6.42 Å². The fraction of sp³-hybridized carbons (Fsp3) is 0.273. The van der Waals surface area contributed by atoms with Crippen LogP contribution in [-0.4, -0.2) is 34.9 Å². The van der Waals surface area contributed by atoms with Crippen LogP contribution in [0.2, 0.25) is 0 Å². The topological polar surface area (TPSA) is 87.1 Å². The summed E-state index contributed by atoms with van der Waals surface area (Å²) in [6.45, 7) is 0.684. The van der Waals surface area contributed by atoms with E-state index in [0.717, 1.165) is 5.56 Å². The standard InChI is InChI=1S/C11H10O5/c12-10(13)8-2-1-6(3-7-5-16-7)4-9(8)11(14)15/h1-2,4,7H,3,5H2,(H,12,13)(H,14,15). The van der Waals surface area contributed by atoms with Crippen molar-refractivity contribution in [2.24, 2.45) is 0 Å². The maximum atomic E-state index is 10.9. The van der Waals surface area contributed by atoms with Gasteiger partial charge in [-0.3, -0.25) is 0 Å². The van der Waals surface area contributed by atoms with Crippen LogP contribution in [-0.2, 0) is 11.2 Å². The van der Waals surface area contributed by atoms with E-state index in [-0.39, 0.29) is 17.2 Å². The van der Waals surface area contributed by atoms with Crippen LogP contribution in [0.5, 0.6) is 0 Å². The molecule has 0 spiro atoms. The summed E-state index contributed by atoms with van der Waals surface area (Å²) in [6.07, 6.45) is 0.775. The minimum Gasteiger partial charge on any atom is -0.478 e. The number of benzene rings is 1. The smallest absolute Gasteiger partial charge is 0.336 e. The molecule has 1 fully saturated rings. The van der Waals surface area contributed by atoms with Crippen molar-refractivity contribution in [1.82, 2.24) is 0 Å². The van der Waals surface area contributed by atoms with Crippen molar-refractivity contribution in [2.45, 2.75) is 12.5 Å². The number of carboxylic acid groups (broad SMARTS) is 2. The lowest BCUT2D eigenvalue weighted by Crippen LogP contribution is -2.09. The molecule has 1 unspecified atom stereocenters. The van der Waals surface area contributed by atoms with Gasteiger partial charge in [0.25, 0.3) is 0 Å². The van der Waals surface area contributed by atoms with Gasteiger partial charge in [-0.05, 0) is 17.7 Å². The molecule has 1 aromatic rings. The fourth-order valence-electron chi connectivity index (χ4n) is 1.53. The maximum Gasteiger partial charge on any atom is 0.336 e. The molecule has 1 aliphatic heterocycles. The number of hydrogen-bond acceptors (Lipinski definition) is 3. The average molecular weight is 222 g/mol. The first-order valence-electron chi connectivity index (χ1n) is 4.79. The fourth-order valence-corrected chi connectivity index (χ4v) is 1.53. The monoisotopic (exact) mass is 222 g/mol. The van der Waals surface area contributed by atoms with Gasteiger partial charge < -0.3 is 14.9 Å². The summed E-state index contributed by atoms with van der Waals surface area (Å²) in [7, 11) is 0. The number of hydrogen-bond donors (Lipinski definition) is 2. The Labute approximate surface area is 91.3 Å². The number of carboxylic acids is 2. The quantitative estimate of drug-likeness (QED) is 0.743. The van der Waals surface area contributed by atoms with Gasteiger partial charge in [-0.2, -0.15) is 0 Å². The number of ether oxygens (including phenoxy) is 1. The molecule has 0 bridgehead atoms. The van der Waals surface area contributed by atoms with Crippen molar-refractivity contribution in [2.75, 3.05) is 6.61 Å². The summed E-state index contributed by atoms with van der Waals surface area (Å²) in [4.78, 5) is 21.7. The van der Waals surface area contributed by atoms with Crippen molar-refractivity contribution < 1.29 is 24.5 Å². The SMILES string of the molecule is O=C(O)c1ccc(CC2CO2)cc1C(=O)O. The number of aromatic carboxylic acids is 2. The van der Waals surface area contributed by atoms with Gasteiger partial charge in [-0.25, -0.2) is 9.59 Å². The van der Waals surface area contributed by atoms with Crippen LogP contribution >= 0.6 is 0 Å². The van der Waals surface area contributed by atoms with Crippen LogP contribution in [0.15, 0.2) is 18.2 Å². The molecule has 1 aromatic carbocycles. The molecular weight excluding hydrogens is 212 g/mol. The predicted octanol–water partition coefficient (Wildman–Crippen LogP) is 1.02. The van der Waals surface area contributed by atoms with Crippen molar-refractivity contribution in [3.8, 4) is 0 Å². The molecule has 1 saturated heterocycles. The molecule has 5 nitrogen and oxygen atoms in total. The number of epoxide rings is 1. The van der Waals surface area contributed by atoms with Gasteiger partial charge in [0.05, 0.1) is 23.8 Å². The highest BCUT2D eigenvalue weighted by atomic mass is 16.6. The van der Waals surface area contributed by atoms with E-state index >= 15 is 0 Å². The molecule has 16 heavy (non-hydrogen) atoms. The second kappa shape index (κ2) is 3.94. The van der Waals surface area contributed by atoms with Crippen LogP contribution in [0.25, 0.3) is 0 Å². The van der Waals surface area contributed by atoms with E-state index in [9.17, 15) is 9.59 Å². The van der Waals surface area contributed by atoms with Crippen molar-refractivity contribution >= 4 is 11.9 Å². The van der Waals surface area contributed by atoms with Gasteiger partial charge in [0.1, 0.15) is 0 Å². The largest absolute Gasteiger partial charge is 0.478 e. The average Bonchev–Trinajstić information content (AvgIpc) is 3.01. The molecular formula is C11H10O5. The van der Waals surface area contributed by atoms with Gasteiger partial charge in [0.2, 0.25) is 0 Å². The molecule has 0 aliphatic carbocycles. The van der Waals surface area contributed by atoms with E-state index in [1.807, 2.05) is 0 Å². The maximum absolute atomic E-state index is 10.9. The second-order valence-electron chi connectivity index (χ2n) is 3.65. The van der Waals surface area contributed by atoms with Crippen molar-refractivity contribution in [3.63, 3.8) is 0 Å². The first kappa shape index (κ1) is 10.6. The summed E-state index contributed by atoms with van der Waals surface area (Å²) in [5, 5.41) is 17.7. The van der Waals surface area contributed by atoms with E-state index in [0.29, 0.717) is 13.0 Å². The molecule has 1 atom stereocenters. The Balaban J connectivity index is 2.34. The molecule has 1 heterocycles. The summed E-state index contributed by atoms with van der Waals surface area (Å²) >= 11 is 0. The Morgan fingerprint density at radius 3 is 2.38 bits per heavy atom. The lowest BCUT2D eigenvalue weighted by Gasteiger charge is -2.04. The summed E-state index contributed by atoms with van der Waals surface area (Å²) in [6, 6.07) is 4.34. The molecule has 1 aliphatic rings. The van der Waals surface area contributed by atoms with Gasteiger partial charge in [-0.15, -0.1) is 0 Å². The zero-order valence-electron chi connectivity index (χ0n) is 8.34. The van der Waals surface area contributed by atoms with E-state index in [1.165, 1.54) is 12.1 Å². The highest BCUT2D eigenvalue weighted by Crippen LogP contribution is 2.19. The van der Waals surface area contributed by atoms with Crippen molar-refractivity contribution in [1.29, 1.82) is 0 Å². The Kier molecular flexibility index (Phi) is 2.62. The Morgan fingerprint density at radius 1 is 1.25 bits per heavy atom. The van der Waals surface area contributed by atoms with E-state index in [1.54, 1.807) is 6.07 Å². The predicted molar refractivity (Wildman–Crippen MR) is 53.8 cm³/mol. The van der Waals surface area contributed by atoms with Crippen LogP contribution in [0.1, 0.15) is 26.3 Å². The molecule has 0 radical (unpaired) electrons. The first-order chi connectivity index (χ1) is 7.58. The molecule has 2 N–H and O–H groups in total. The Bertz CT molecular complexity index is 448. The van der Waals surface area contributed by atoms with Crippen LogP contribution in [0.3, 0.4) is 0 Å². The lowest BCUT2D eigenvalue weighted by molar-refractivity contribution is 0.0651. The van der Waals surface area contributed by atoms with E-state index in [2.05, 4.69) is 0 Å². The third kappa shape index (κ3) is 2.20. The highest BCUT2D eigenvalue weighted by Gasteiger charge is 2.24. The third-order valence-electron chi connectivity index (χ3n) is 2.41. The summed E-state index contributed by atoms with van der Waals surface area (Å²) in [5.41, 5.74) is 0.420. The number of rotatable bonds is 4. The molecule has 0 saturated carbocycles. The van der Waals surface area contributed by atoms with Gasteiger partial charge in [0.15, 0.2) is 0 Å². The normalized spacial score (nSPS) is 18.1. The third-order valence-corrected chi connectivity index (χ3v) is 2.41. The second-order valence-corrected chi connectivity index (χ2v) is 3.65. The summed E-state index contributed by atoms with van der Waals surface area (Å²) in [5.74, 6) is -2.46. The van der Waals surface area contributed by atoms with Crippen molar-refractivity contribution in [3.05, 3.63) is 34.9 Å². The summed E-state index contributed by atoms with van der Waals surface area (Å²) < 4.78 is 5.03. The van der Waals surface area contributed by atoms with Crippen LogP contribution in [0.4, 0.5) is 0 Å². The molecule has 0 amide bonds. The Hall–Kier alpha value is -1.88. The van der Waals surface area contributed by atoms with E-state index < -0.39 is 11.9 Å². The van der Waals surface area contributed by atoms with Gasteiger partial charge >= 0.3 is 11.9 Å². The zero-order chi connectivity index (χ0) is 11.7. The molecule has 5 heteroatoms. The Morgan fingerprint density at radius 2 is 1.88 bits per heavy atom. The lowest BCUT2D eigenvalue weighted by atomic mass is 10.0. The van der Waals surface area contributed by atoms with Crippen LogP contribution in [0, 0.1) is 0 Å². The minimum absolute atomic E-state index is 0.150. The zero-order valence-corrected chi connectivity index (χ0v) is 8.34. The van der Waals surface area contributed by atoms with Crippen LogP contribution < -0.4 is 0 Å². The highest BCUT2D eigenvalue weighted by molar-refractivity contribution is 6.01. The molecule has 84 valence electrons. The molecule has 2 rings (SSSR count). The first-order valence-corrected chi connectivity index (χ1v) is 4.79. The van der Waals surface area contributed by atoms with Gasteiger partial charge in [-0.1, -0.05) is 6.07 Å². The minimum atomic E-state index is -1.23. The molecule has 0 aromatic heterocycles.